The maximum atomic E-state index is 13.7. The number of ether oxygens (including phenoxy) is 1. The molecule has 0 bridgehead atoms. The first-order chi connectivity index (χ1) is 14.9. The molecule has 31 heavy (non-hydrogen) atoms. The Morgan fingerprint density at radius 3 is 2.71 bits per heavy atom. The molecule has 162 valence electrons. The molecule has 2 aromatic carbocycles. The molecule has 0 saturated heterocycles. The molecule has 0 aliphatic carbocycles. The lowest BCUT2D eigenvalue weighted by Crippen LogP contribution is -2.16. The zero-order valence-electron chi connectivity index (χ0n) is 17.2. The Labute approximate surface area is 183 Å². The molecule has 3 aromatic rings. The smallest absolute Gasteiger partial charge is 0.234 e. The topological polar surface area (TPSA) is 69.0 Å². The molecule has 1 N–H and O–H groups in total. The van der Waals surface area contributed by atoms with E-state index in [0.29, 0.717) is 23.6 Å². The average Bonchev–Trinajstić information content (AvgIpc) is 3.11. The normalized spacial score (nSPS) is 10.7. The van der Waals surface area contributed by atoms with Crippen LogP contribution in [0.3, 0.4) is 0 Å². The number of amides is 1. The number of thioether (sulfide) groups is 1. The molecule has 0 saturated carbocycles. The van der Waals surface area contributed by atoms with E-state index in [-0.39, 0.29) is 18.0 Å². The van der Waals surface area contributed by atoms with Crippen LogP contribution < -0.4 is 10.1 Å². The van der Waals surface area contributed by atoms with Crippen molar-refractivity contribution in [2.24, 2.45) is 0 Å². The SMILES string of the molecule is C=CCn1c(COc2ccc(C)c(C)c2)nnc1SCC(=O)Nc1ccc(F)cc1F. The van der Waals surface area contributed by atoms with Crippen molar-refractivity contribution in [3.05, 3.63) is 77.6 Å². The Hall–Kier alpha value is -3.20. The second-order valence-electron chi connectivity index (χ2n) is 6.79. The van der Waals surface area contributed by atoms with E-state index in [2.05, 4.69) is 22.1 Å². The zero-order chi connectivity index (χ0) is 22.4. The van der Waals surface area contributed by atoms with Gasteiger partial charge < -0.3 is 10.1 Å². The highest BCUT2D eigenvalue weighted by molar-refractivity contribution is 7.99. The molecule has 0 spiro atoms. The molecular formula is C22H22F2N4O2S. The predicted molar refractivity (Wildman–Crippen MR) is 116 cm³/mol. The highest BCUT2D eigenvalue weighted by Crippen LogP contribution is 2.21. The zero-order valence-corrected chi connectivity index (χ0v) is 18.0. The number of aryl methyl sites for hydroxylation is 2. The Balaban J connectivity index is 1.63. The first kappa shape index (κ1) is 22.5. The fourth-order valence-electron chi connectivity index (χ4n) is 2.70. The monoisotopic (exact) mass is 444 g/mol. The van der Waals surface area contributed by atoms with Crippen LogP contribution in [0.2, 0.25) is 0 Å². The van der Waals surface area contributed by atoms with Gasteiger partial charge in [0.1, 0.15) is 24.0 Å². The summed E-state index contributed by atoms with van der Waals surface area (Å²) >= 11 is 1.15. The number of aromatic nitrogens is 3. The van der Waals surface area contributed by atoms with Crippen LogP contribution in [-0.4, -0.2) is 26.4 Å². The third-order valence-corrected chi connectivity index (χ3v) is 5.46. The van der Waals surface area contributed by atoms with E-state index in [4.69, 9.17) is 4.74 Å². The summed E-state index contributed by atoms with van der Waals surface area (Å²) < 4.78 is 34.3. The summed E-state index contributed by atoms with van der Waals surface area (Å²) in [4.78, 5) is 12.2. The molecular weight excluding hydrogens is 422 g/mol. The summed E-state index contributed by atoms with van der Waals surface area (Å²) in [5.74, 6) is -0.699. The van der Waals surface area contributed by atoms with Gasteiger partial charge in [-0.1, -0.05) is 23.9 Å². The van der Waals surface area contributed by atoms with Crippen molar-refractivity contribution in [2.45, 2.75) is 32.2 Å². The minimum atomic E-state index is -0.834. The van der Waals surface area contributed by atoms with Crippen molar-refractivity contribution in [2.75, 3.05) is 11.1 Å². The fourth-order valence-corrected chi connectivity index (χ4v) is 3.47. The number of rotatable bonds is 9. The summed E-state index contributed by atoms with van der Waals surface area (Å²) in [7, 11) is 0. The lowest BCUT2D eigenvalue weighted by atomic mass is 10.1. The minimum Gasteiger partial charge on any atom is -0.486 e. The quantitative estimate of drug-likeness (QED) is 0.384. The number of carbonyl (C=O) groups excluding carboxylic acids is 1. The van der Waals surface area contributed by atoms with Crippen molar-refractivity contribution >= 4 is 23.4 Å². The second kappa shape index (κ2) is 10.2. The Kier molecular flexibility index (Phi) is 7.41. The number of carbonyl (C=O) groups is 1. The van der Waals surface area contributed by atoms with Gasteiger partial charge in [-0.25, -0.2) is 8.78 Å². The maximum absolute atomic E-state index is 13.7. The van der Waals surface area contributed by atoms with Gasteiger partial charge >= 0.3 is 0 Å². The van der Waals surface area contributed by atoms with Gasteiger partial charge in [0, 0.05) is 12.6 Å². The molecule has 0 atom stereocenters. The van der Waals surface area contributed by atoms with Crippen molar-refractivity contribution < 1.29 is 18.3 Å². The molecule has 0 fully saturated rings. The van der Waals surface area contributed by atoms with Gasteiger partial charge in [-0.3, -0.25) is 9.36 Å². The number of halogens is 2. The molecule has 3 rings (SSSR count). The van der Waals surface area contributed by atoms with Crippen molar-refractivity contribution in [1.29, 1.82) is 0 Å². The van der Waals surface area contributed by atoms with Gasteiger partial charge in [0.2, 0.25) is 5.91 Å². The van der Waals surface area contributed by atoms with Gasteiger partial charge in [-0.2, -0.15) is 0 Å². The van der Waals surface area contributed by atoms with E-state index in [1.54, 1.807) is 10.6 Å². The Bertz CT molecular complexity index is 1100. The maximum Gasteiger partial charge on any atom is 0.234 e. The van der Waals surface area contributed by atoms with E-state index in [0.717, 1.165) is 29.1 Å². The minimum absolute atomic E-state index is 0.0237. The van der Waals surface area contributed by atoms with Gasteiger partial charge in [0.05, 0.1) is 11.4 Å². The van der Waals surface area contributed by atoms with E-state index < -0.39 is 17.5 Å². The van der Waals surface area contributed by atoms with Crippen LogP contribution in [0, 0.1) is 25.5 Å². The van der Waals surface area contributed by atoms with Crippen LogP contribution in [0.5, 0.6) is 5.75 Å². The van der Waals surface area contributed by atoms with Crippen LogP contribution in [0.25, 0.3) is 0 Å². The van der Waals surface area contributed by atoms with Crippen LogP contribution in [0.1, 0.15) is 17.0 Å². The molecule has 9 heteroatoms. The number of hydrogen-bond acceptors (Lipinski definition) is 5. The molecule has 0 aliphatic rings. The molecule has 0 unspecified atom stereocenters. The second-order valence-corrected chi connectivity index (χ2v) is 7.74. The first-order valence-corrected chi connectivity index (χ1v) is 10.5. The molecule has 6 nitrogen and oxygen atoms in total. The van der Waals surface area contributed by atoms with Gasteiger partial charge in [-0.05, 0) is 49.2 Å². The number of nitrogens with one attached hydrogen (secondary N) is 1. The number of anilines is 1. The lowest BCUT2D eigenvalue weighted by molar-refractivity contribution is -0.113. The molecule has 0 aliphatic heterocycles. The number of hydrogen-bond donors (Lipinski definition) is 1. The van der Waals surface area contributed by atoms with Gasteiger partial charge in [0.25, 0.3) is 0 Å². The number of allylic oxidation sites excluding steroid dienone is 1. The highest BCUT2D eigenvalue weighted by atomic mass is 32.2. The highest BCUT2D eigenvalue weighted by Gasteiger charge is 2.15. The summed E-state index contributed by atoms with van der Waals surface area (Å²) in [6.07, 6.45) is 1.70. The lowest BCUT2D eigenvalue weighted by Gasteiger charge is -2.10. The molecule has 1 heterocycles. The molecule has 0 radical (unpaired) electrons. The average molecular weight is 445 g/mol. The predicted octanol–water partition coefficient (Wildman–Crippen LogP) is 4.67. The van der Waals surface area contributed by atoms with Crippen molar-refractivity contribution in [1.82, 2.24) is 14.8 Å². The summed E-state index contributed by atoms with van der Waals surface area (Å²) in [5, 5.41) is 11.2. The summed E-state index contributed by atoms with van der Waals surface area (Å²) in [6.45, 7) is 8.44. The molecule has 1 amide bonds. The van der Waals surface area contributed by atoms with Crippen LogP contribution >= 0.6 is 11.8 Å². The largest absolute Gasteiger partial charge is 0.486 e. The van der Waals surface area contributed by atoms with E-state index >= 15 is 0 Å². The van der Waals surface area contributed by atoms with Crippen LogP contribution in [0.15, 0.2) is 54.2 Å². The Morgan fingerprint density at radius 2 is 2.00 bits per heavy atom. The number of nitrogens with zero attached hydrogens (tertiary/aromatic N) is 3. The van der Waals surface area contributed by atoms with Gasteiger partial charge in [-0.15, -0.1) is 16.8 Å². The fraction of sp³-hybridized carbons (Fsp3) is 0.227. The van der Waals surface area contributed by atoms with E-state index in [9.17, 15) is 13.6 Å². The van der Waals surface area contributed by atoms with Crippen LogP contribution in [-0.2, 0) is 17.9 Å². The van der Waals surface area contributed by atoms with Crippen molar-refractivity contribution in [3.63, 3.8) is 0 Å². The third-order valence-electron chi connectivity index (χ3n) is 4.49. The Morgan fingerprint density at radius 1 is 1.19 bits per heavy atom. The first-order valence-electron chi connectivity index (χ1n) is 9.48. The van der Waals surface area contributed by atoms with E-state index in [1.807, 2.05) is 32.0 Å². The standard InChI is InChI=1S/C22H22F2N4O2S/c1-4-9-28-20(12-30-17-7-5-14(2)15(3)10-17)26-27-22(28)31-13-21(29)25-19-8-6-16(23)11-18(19)24/h4-8,10-11H,1,9,12-13H2,2-3H3,(H,25,29). The number of benzene rings is 2. The summed E-state index contributed by atoms with van der Waals surface area (Å²) in [6, 6.07) is 8.81. The van der Waals surface area contributed by atoms with E-state index in [1.165, 1.54) is 11.6 Å². The van der Waals surface area contributed by atoms with Crippen LogP contribution in [0.4, 0.5) is 14.5 Å². The van der Waals surface area contributed by atoms with Gasteiger partial charge in [0.15, 0.2) is 11.0 Å². The summed E-state index contributed by atoms with van der Waals surface area (Å²) in [5.41, 5.74) is 2.23. The van der Waals surface area contributed by atoms with Crippen molar-refractivity contribution in [3.8, 4) is 5.75 Å². The molecule has 1 aromatic heterocycles. The third kappa shape index (κ3) is 5.91.